The summed E-state index contributed by atoms with van der Waals surface area (Å²) in [5.41, 5.74) is 2.34. The average Bonchev–Trinajstić information content (AvgIpc) is 3.12. The average molecular weight is 286 g/mol. The number of hydrogen-bond donors (Lipinski definition) is 0. The van der Waals surface area contributed by atoms with Crippen molar-refractivity contribution in [3.63, 3.8) is 0 Å². The lowest BCUT2D eigenvalue weighted by Gasteiger charge is -2.17. The first kappa shape index (κ1) is 11.8. The molecule has 0 radical (unpaired) electrons. The van der Waals surface area contributed by atoms with E-state index in [-0.39, 0.29) is 5.82 Å². The monoisotopic (exact) mass is 286 g/mol. The molecular formula is C15H11FN2OS. The number of fused-ring (bicyclic) bond motifs is 2. The van der Waals surface area contributed by atoms with Crippen LogP contribution in [-0.2, 0) is 0 Å². The quantitative estimate of drug-likeness (QED) is 0.839. The normalized spacial score (nSPS) is 17.9. The molecule has 0 fully saturated rings. The van der Waals surface area contributed by atoms with Gasteiger partial charge in [-0.2, -0.15) is 0 Å². The smallest absolute Gasteiger partial charge is 0.168 e. The Balaban J connectivity index is 1.92. The number of furan rings is 1. The predicted octanol–water partition coefficient (Wildman–Crippen LogP) is 3.84. The summed E-state index contributed by atoms with van der Waals surface area (Å²) < 4.78 is 19.5. The van der Waals surface area contributed by atoms with Crippen molar-refractivity contribution in [2.24, 2.45) is 4.99 Å². The van der Waals surface area contributed by atoms with E-state index in [0.717, 1.165) is 34.4 Å². The van der Waals surface area contributed by atoms with Gasteiger partial charge in [-0.05, 0) is 30.0 Å². The Labute approximate surface area is 119 Å². The fourth-order valence-electron chi connectivity index (χ4n) is 2.60. The number of rotatable bonds is 2. The van der Waals surface area contributed by atoms with Gasteiger partial charge in [0.15, 0.2) is 5.17 Å². The Hall–Kier alpha value is -2.01. The lowest BCUT2D eigenvalue weighted by molar-refractivity contribution is 0.608. The summed E-state index contributed by atoms with van der Waals surface area (Å²) in [6, 6.07) is 5.07. The van der Waals surface area contributed by atoms with Crippen LogP contribution in [0.25, 0.3) is 16.7 Å². The van der Waals surface area contributed by atoms with E-state index in [4.69, 9.17) is 4.42 Å². The first-order chi connectivity index (χ1) is 9.78. The van der Waals surface area contributed by atoms with Crippen LogP contribution in [0.15, 0.2) is 51.4 Å². The van der Waals surface area contributed by atoms with Crippen molar-refractivity contribution in [3.05, 3.63) is 53.4 Å². The third kappa shape index (κ3) is 1.56. The zero-order valence-electron chi connectivity index (χ0n) is 10.6. The van der Waals surface area contributed by atoms with Gasteiger partial charge >= 0.3 is 0 Å². The number of nitrogens with zero attached hydrogens (tertiary/aromatic N) is 2. The van der Waals surface area contributed by atoms with E-state index in [2.05, 4.69) is 16.5 Å². The van der Waals surface area contributed by atoms with Gasteiger partial charge in [-0.1, -0.05) is 12.7 Å². The standard InChI is InChI=1S/C15H11FN2OS/c1-2-13-14(18-5-4-17-15(18)20-13)9-7-11(16)10-3-6-19-12(10)8-9/h2-3,6-8H,1,4-5H2. The van der Waals surface area contributed by atoms with Gasteiger partial charge in [-0.15, -0.1) is 0 Å². The largest absolute Gasteiger partial charge is 0.464 e. The molecule has 1 aromatic heterocycles. The molecule has 2 aromatic rings. The molecule has 0 N–H and O–H groups in total. The minimum absolute atomic E-state index is 0.267. The van der Waals surface area contributed by atoms with Crippen molar-refractivity contribution in [1.29, 1.82) is 0 Å². The Bertz CT molecular complexity index is 790. The summed E-state index contributed by atoms with van der Waals surface area (Å²) >= 11 is 1.58. The van der Waals surface area contributed by atoms with E-state index in [1.165, 1.54) is 6.26 Å². The van der Waals surface area contributed by atoms with Gasteiger partial charge in [0.25, 0.3) is 0 Å². The summed E-state index contributed by atoms with van der Waals surface area (Å²) in [4.78, 5) is 7.57. The molecule has 0 amide bonds. The number of amidine groups is 1. The van der Waals surface area contributed by atoms with Crippen LogP contribution in [0.2, 0.25) is 0 Å². The van der Waals surface area contributed by atoms with Gasteiger partial charge in [0.05, 0.1) is 23.9 Å². The third-order valence-electron chi connectivity index (χ3n) is 3.49. The van der Waals surface area contributed by atoms with E-state index in [0.29, 0.717) is 11.0 Å². The molecule has 0 saturated carbocycles. The van der Waals surface area contributed by atoms with Crippen molar-refractivity contribution in [1.82, 2.24) is 4.90 Å². The molecule has 3 heterocycles. The van der Waals surface area contributed by atoms with Crippen molar-refractivity contribution in [2.45, 2.75) is 0 Å². The van der Waals surface area contributed by atoms with Crippen molar-refractivity contribution in [2.75, 3.05) is 13.1 Å². The maximum absolute atomic E-state index is 14.1. The molecule has 2 aliphatic rings. The second kappa shape index (κ2) is 4.24. The number of allylic oxidation sites excluding steroid dienone is 1. The maximum atomic E-state index is 14.1. The molecule has 0 unspecified atom stereocenters. The Morgan fingerprint density at radius 3 is 3.20 bits per heavy atom. The molecule has 0 saturated heterocycles. The lowest BCUT2D eigenvalue weighted by atomic mass is 10.1. The number of thioether (sulfide) groups is 1. The van der Waals surface area contributed by atoms with Crippen LogP contribution in [0.3, 0.4) is 0 Å². The molecule has 20 heavy (non-hydrogen) atoms. The molecule has 3 nitrogen and oxygen atoms in total. The molecule has 0 bridgehead atoms. The highest BCUT2D eigenvalue weighted by Gasteiger charge is 2.32. The van der Waals surface area contributed by atoms with Crippen LogP contribution in [0.1, 0.15) is 5.56 Å². The molecule has 2 aliphatic heterocycles. The number of halogens is 1. The van der Waals surface area contributed by atoms with Crippen molar-refractivity contribution in [3.8, 4) is 0 Å². The Kier molecular flexibility index (Phi) is 2.50. The summed E-state index contributed by atoms with van der Waals surface area (Å²) in [6.45, 7) is 5.45. The lowest BCUT2D eigenvalue weighted by Crippen LogP contribution is -2.20. The summed E-state index contributed by atoms with van der Waals surface area (Å²) in [5, 5.41) is 1.48. The highest BCUT2D eigenvalue weighted by molar-refractivity contribution is 8.17. The Morgan fingerprint density at radius 1 is 1.45 bits per heavy atom. The van der Waals surface area contributed by atoms with Gasteiger partial charge in [-0.25, -0.2) is 4.39 Å². The molecule has 0 atom stereocenters. The number of hydrogen-bond acceptors (Lipinski definition) is 4. The fourth-order valence-corrected chi connectivity index (χ4v) is 3.65. The zero-order valence-corrected chi connectivity index (χ0v) is 11.4. The van der Waals surface area contributed by atoms with Gasteiger partial charge in [0, 0.05) is 17.0 Å². The SMILES string of the molecule is C=CC1=C(c2cc(F)c3ccoc3c2)N2CCN=C2S1. The van der Waals surface area contributed by atoms with Crippen molar-refractivity contribution >= 4 is 33.6 Å². The van der Waals surface area contributed by atoms with E-state index in [1.54, 1.807) is 30.0 Å². The topological polar surface area (TPSA) is 28.7 Å². The predicted molar refractivity (Wildman–Crippen MR) is 79.9 cm³/mol. The van der Waals surface area contributed by atoms with Crippen LogP contribution < -0.4 is 0 Å². The van der Waals surface area contributed by atoms with Gasteiger partial charge < -0.3 is 9.32 Å². The van der Waals surface area contributed by atoms with E-state index >= 15 is 0 Å². The highest BCUT2D eigenvalue weighted by Crippen LogP contribution is 2.42. The number of aliphatic imine (C=N–C) groups is 1. The van der Waals surface area contributed by atoms with E-state index in [1.807, 2.05) is 6.07 Å². The maximum Gasteiger partial charge on any atom is 0.168 e. The second-order valence-corrected chi connectivity index (χ2v) is 5.63. The molecule has 5 heteroatoms. The molecule has 0 aliphatic carbocycles. The summed E-state index contributed by atoms with van der Waals surface area (Å²) in [6.07, 6.45) is 3.30. The first-order valence-electron chi connectivity index (χ1n) is 6.31. The fraction of sp³-hybridized carbons (Fsp3) is 0.133. The second-order valence-electron chi connectivity index (χ2n) is 4.63. The molecule has 0 spiro atoms. The van der Waals surface area contributed by atoms with Crippen LogP contribution in [0.5, 0.6) is 0 Å². The molecule has 4 rings (SSSR count). The van der Waals surface area contributed by atoms with Crippen LogP contribution >= 0.6 is 11.8 Å². The van der Waals surface area contributed by atoms with Crippen LogP contribution in [0.4, 0.5) is 4.39 Å². The minimum Gasteiger partial charge on any atom is -0.464 e. The summed E-state index contributed by atoms with van der Waals surface area (Å²) in [5.74, 6) is -0.267. The van der Waals surface area contributed by atoms with Gasteiger partial charge in [-0.3, -0.25) is 4.99 Å². The number of benzene rings is 1. The van der Waals surface area contributed by atoms with Crippen molar-refractivity contribution < 1.29 is 8.81 Å². The molecule has 100 valence electrons. The molecule has 1 aromatic carbocycles. The Morgan fingerprint density at radius 2 is 2.35 bits per heavy atom. The minimum atomic E-state index is -0.267. The van der Waals surface area contributed by atoms with Gasteiger partial charge in [0.2, 0.25) is 0 Å². The van der Waals surface area contributed by atoms with Crippen LogP contribution in [0, 0.1) is 5.82 Å². The van der Waals surface area contributed by atoms with Crippen LogP contribution in [-0.4, -0.2) is 23.2 Å². The van der Waals surface area contributed by atoms with Gasteiger partial charge in [0.1, 0.15) is 11.4 Å². The third-order valence-corrected chi connectivity index (χ3v) is 4.60. The first-order valence-corrected chi connectivity index (χ1v) is 7.13. The van der Waals surface area contributed by atoms with E-state index in [9.17, 15) is 4.39 Å². The molecular weight excluding hydrogens is 275 g/mol. The van der Waals surface area contributed by atoms with E-state index < -0.39 is 0 Å². The highest BCUT2D eigenvalue weighted by atomic mass is 32.2. The zero-order chi connectivity index (χ0) is 13.7. The summed E-state index contributed by atoms with van der Waals surface area (Å²) in [7, 11) is 0.